The van der Waals surface area contributed by atoms with Crippen LogP contribution in [0.2, 0.25) is 0 Å². The van der Waals surface area contributed by atoms with Crippen molar-refractivity contribution in [2.45, 2.75) is 25.2 Å². The van der Waals surface area contributed by atoms with Crippen LogP contribution in [0.4, 0.5) is 0 Å². The summed E-state index contributed by atoms with van der Waals surface area (Å²) in [5.74, 6) is 1.04. The Kier molecular flexibility index (Phi) is 5.79. The number of amides is 1. The molecule has 0 spiro atoms. The smallest absolute Gasteiger partial charge is 0.230 e. The van der Waals surface area contributed by atoms with Crippen LogP contribution in [0.1, 0.15) is 12.5 Å². The number of hydrogen-bond acceptors (Lipinski definition) is 5. The largest absolute Gasteiger partial charge is 0.351 e. The molecule has 0 saturated heterocycles. The van der Waals surface area contributed by atoms with E-state index in [0.29, 0.717) is 12.3 Å². The number of nitrogens with one attached hydrogen (secondary N) is 1. The molecule has 1 amide bonds. The maximum Gasteiger partial charge on any atom is 0.230 e. The number of nitrogens with zero attached hydrogens (tertiary/aromatic N) is 4. The van der Waals surface area contributed by atoms with Gasteiger partial charge in [0.15, 0.2) is 11.0 Å². The summed E-state index contributed by atoms with van der Waals surface area (Å²) >= 11 is 1.39. The van der Waals surface area contributed by atoms with Gasteiger partial charge >= 0.3 is 0 Å². The first kappa shape index (κ1) is 17.2. The van der Waals surface area contributed by atoms with Crippen molar-refractivity contribution in [2.75, 3.05) is 5.75 Å². The maximum absolute atomic E-state index is 12.1. The van der Waals surface area contributed by atoms with Crippen LogP contribution in [0.5, 0.6) is 0 Å². The summed E-state index contributed by atoms with van der Waals surface area (Å²) in [5.41, 5.74) is 1.99. The number of carbonyl (C=O) groups is 1. The number of aromatic nitrogens is 4. The van der Waals surface area contributed by atoms with Crippen LogP contribution in [0.15, 0.2) is 60.0 Å². The van der Waals surface area contributed by atoms with Crippen LogP contribution in [-0.2, 0) is 17.9 Å². The first-order valence-electron chi connectivity index (χ1n) is 8.05. The zero-order chi connectivity index (χ0) is 17.5. The van der Waals surface area contributed by atoms with Crippen molar-refractivity contribution < 1.29 is 4.79 Å². The van der Waals surface area contributed by atoms with E-state index >= 15 is 0 Å². The first-order valence-corrected chi connectivity index (χ1v) is 9.03. The van der Waals surface area contributed by atoms with Crippen molar-refractivity contribution in [2.24, 2.45) is 0 Å². The number of rotatable bonds is 7. The SMILES string of the molecule is CCn1c(SCC(=O)NCc2ccccc2)nnc1-c1cccnc1. The number of hydrogen-bond donors (Lipinski definition) is 1. The summed E-state index contributed by atoms with van der Waals surface area (Å²) in [4.78, 5) is 16.2. The van der Waals surface area contributed by atoms with Gasteiger partial charge in [-0.15, -0.1) is 10.2 Å². The van der Waals surface area contributed by atoms with E-state index in [9.17, 15) is 4.79 Å². The van der Waals surface area contributed by atoms with Crippen LogP contribution in [-0.4, -0.2) is 31.4 Å². The van der Waals surface area contributed by atoms with Crippen molar-refractivity contribution in [1.29, 1.82) is 0 Å². The molecule has 6 nitrogen and oxygen atoms in total. The van der Waals surface area contributed by atoms with Crippen LogP contribution >= 0.6 is 11.8 Å². The van der Waals surface area contributed by atoms with E-state index in [1.807, 2.05) is 54.0 Å². The lowest BCUT2D eigenvalue weighted by molar-refractivity contribution is -0.118. The molecule has 1 N–H and O–H groups in total. The van der Waals surface area contributed by atoms with Crippen molar-refractivity contribution >= 4 is 17.7 Å². The summed E-state index contributed by atoms with van der Waals surface area (Å²) in [7, 11) is 0. The van der Waals surface area contributed by atoms with E-state index in [-0.39, 0.29) is 5.91 Å². The molecule has 0 radical (unpaired) electrons. The van der Waals surface area contributed by atoms with Gasteiger partial charge in [0, 0.05) is 31.0 Å². The van der Waals surface area contributed by atoms with Crippen molar-refractivity contribution in [3.8, 4) is 11.4 Å². The van der Waals surface area contributed by atoms with Crippen LogP contribution in [0, 0.1) is 0 Å². The van der Waals surface area contributed by atoms with Gasteiger partial charge in [0.05, 0.1) is 5.75 Å². The molecule has 0 aliphatic heterocycles. The first-order chi connectivity index (χ1) is 12.3. The lowest BCUT2D eigenvalue weighted by atomic mass is 10.2. The highest BCUT2D eigenvalue weighted by molar-refractivity contribution is 7.99. The van der Waals surface area contributed by atoms with E-state index in [4.69, 9.17) is 0 Å². The topological polar surface area (TPSA) is 72.7 Å². The molecule has 0 aliphatic carbocycles. The minimum Gasteiger partial charge on any atom is -0.351 e. The van der Waals surface area contributed by atoms with Gasteiger partial charge < -0.3 is 9.88 Å². The molecule has 3 rings (SSSR count). The number of benzene rings is 1. The Bertz CT molecular complexity index is 820. The Morgan fingerprint density at radius 2 is 2.00 bits per heavy atom. The highest BCUT2D eigenvalue weighted by Crippen LogP contribution is 2.23. The molecule has 0 fully saturated rings. The van der Waals surface area contributed by atoms with Crippen molar-refractivity contribution in [1.82, 2.24) is 25.1 Å². The monoisotopic (exact) mass is 353 g/mol. The van der Waals surface area contributed by atoms with Gasteiger partial charge in [0.1, 0.15) is 0 Å². The zero-order valence-electron chi connectivity index (χ0n) is 13.9. The van der Waals surface area contributed by atoms with Gasteiger partial charge in [0.25, 0.3) is 0 Å². The van der Waals surface area contributed by atoms with Gasteiger partial charge in [-0.2, -0.15) is 0 Å². The van der Waals surface area contributed by atoms with E-state index in [1.165, 1.54) is 11.8 Å². The van der Waals surface area contributed by atoms with Gasteiger partial charge in [-0.05, 0) is 24.6 Å². The molecule has 0 bridgehead atoms. The quantitative estimate of drug-likeness (QED) is 0.661. The zero-order valence-corrected chi connectivity index (χ0v) is 14.7. The van der Waals surface area contributed by atoms with Gasteiger partial charge in [-0.25, -0.2) is 0 Å². The number of pyridine rings is 1. The second-order valence-electron chi connectivity index (χ2n) is 5.34. The molecule has 0 saturated carbocycles. The fourth-order valence-electron chi connectivity index (χ4n) is 2.37. The second-order valence-corrected chi connectivity index (χ2v) is 6.29. The Labute approximate surface area is 150 Å². The highest BCUT2D eigenvalue weighted by atomic mass is 32.2. The Hall–Kier alpha value is -2.67. The lowest BCUT2D eigenvalue weighted by Crippen LogP contribution is -2.24. The van der Waals surface area contributed by atoms with E-state index in [2.05, 4.69) is 20.5 Å². The summed E-state index contributed by atoms with van der Waals surface area (Å²) < 4.78 is 1.99. The summed E-state index contributed by atoms with van der Waals surface area (Å²) in [6.07, 6.45) is 3.49. The van der Waals surface area contributed by atoms with Crippen molar-refractivity contribution in [3.05, 3.63) is 60.4 Å². The maximum atomic E-state index is 12.1. The minimum atomic E-state index is -0.0255. The molecular formula is C18H19N5OS. The molecule has 2 aromatic heterocycles. The normalized spacial score (nSPS) is 10.6. The molecular weight excluding hydrogens is 334 g/mol. The Balaban J connectivity index is 1.60. The Morgan fingerprint density at radius 3 is 2.72 bits per heavy atom. The van der Waals surface area contributed by atoms with Gasteiger partial charge in [-0.3, -0.25) is 9.78 Å². The summed E-state index contributed by atoms with van der Waals surface area (Å²) in [5, 5.41) is 12.1. The van der Waals surface area contributed by atoms with E-state index < -0.39 is 0 Å². The fourth-order valence-corrected chi connectivity index (χ4v) is 3.20. The van der Waals surface area contributed by atoms with Gasteiger partial charge in [-0.1, -0.05) is 42.1 Å². The molecule has 1 aromatic carbocycles. The second kappa shape index (κ2) is 8.43. The third kappa shape index (κ3) is 4.45. The molecule has 3 aromatic rings. The molecule has 7 heteroatoms. The van der Waals surface area contributed by atoms with Crippen LogP contribution in [0.3, 0.4) is 0 Å². The predicted molar refractivity (Wildman–Crippen MR) is 97.9 cm³/mol. The molecule has 0 atom stereocenters. The van der Waals surface area contributed by atoms with Crippen LogP contribution in [0.25, 0.3) is 11.4 Å². The molecule has 25 heavy (non-hydrogen) atoms. The molecule has 128 valence electrons. The number of carbonyl (C=O) groups excluding carboxylic acids is 1. The Morgan fingerprint density at radius 1 is 1.16 bits per heavy atom. The minimum absolute atomic E-state index is 0.0255. The number of thioether (sulfide) groups is 1. The van der Waals surface area contributed by atoms with E-state index in [0.717, 1.165) is 28.7 Å². The highest BCUT2D eigenvalue weighted by Gasteiger charge is 2.14. The molecule has 0 aliphatic rings. The summed E-state index contributed by atoms with van der Waals surface area (Å²) in [6.45, 7) is 3.29. The standard InChI is InChI=1S/C18H19N5OS/c1-2-23-17(15-9-6-10-19-12-15)21-22-18(23)25-13-16(24)20-11-14-7-4-3-5-8-14/h3-10,12H,2,11,13H2,1H3,(H,20,24). The van der Waals surface area contributed by atoms with Crippen molar-refractivity contribution in [3.63, 3.8) is 0 Å². The average Bonchev–Trinajstić information content (AvgIpc) is 3.09. The molecule has 0 unspecified atom stereocenters. The summed E-state index contributed by atoms with van der Waals surface area (Å²) in [6, 6.07) is 13.7. The average molecular weight is 353 g/mol. The lowest BCUT2D eigenvalue weighted by Gasteiger charge is -2.07. The van der Waals surface area contributed by atoms with Crippen LogP contribution < -0.4 is 5.32 Å². The van der Waals surface area contributed by atoms with Gasteiger partial charge in [0.2, 0.25) is 5.91 Å². The predicted octanol–water partition coefficient (Wildman–Crippen LogP) is 2.77. The third-order valence-electron chi connectivity index (χ3n) is 3.62. The fraction of sp³-hybridized carbons (Fsp3) is 0.222. The molecule has 2 heterocycles. The van der Waals surface area contributed by atoms with E-state index in [1.54, 1.807) is 12.4 Å². The third-order valence-corrected chi connectivity index (χ3v) is 4.58.